The maximum Gasteiger partial charge on any atom is 0.0510 e. The summed E-state index contributed by atoms with van der Waals surface area (Å²) in [6, 6.07) is 6.65. The summed E-state index contributed by atoms with van der Waals surface area (Å²) in [6.45, 7) is 28.0. The van der Waals surface area contributed by atoms with Crippen molar-refractivity contribution in [3.8, 4) is 0 Å². The van der Waals surface area contributed by atoms with Crippen molar-refractivity contribution >= 4 is 5.69 Å². The number of anilines is 1. The highest BCUT2D eigenvalue weighted by Crippen LogP contribution is 2.54. The summed E-state index contributed by atoms with van der Waals surface area (Å²) in [5.74, 6) is 0. The van der Waals surface area contributed by atoms with E-state index in [1.54, 1.807) is 0 Å². The van der Waals surface area contributed by atoms with Gasteiger partial charge in [-0.2, -0.15) is 0 Å². The first-order chi connectivity index (χ1) is 15.3. The van der Waals surface area contributed by atoms with Gasteiger partial charge in [-0.25, -0.2) is 0 Å². The molecule has 33 heavy (non-hydrogen) atoms. The van der Waals surface area contributed by atoms with Crippen LogP contribution in [-0.2, 0) is 11.8 Å². The van der Waals surface area contributed by atoms with Crippen LogP contribution in [-0.4, -0.2) is 18.0 Å². The molecule has 0 spiro atoms. The molecule has 0 heterocycles. The van der Waals surface area contributed by atoms with E-state index in [1.165, 1.54) is 40.8 Å². The van der Waals surface area contributed by atoms with Crippen molar-refractivity contribution in [2.45, 2.75) is 99.5 Å². The molecule has 1 saturated carbocycles. The zero-order chi connectivity index (χ0) is 25.6. The van der Waals surface area contributed by atoms with E-state index in [0.717, 1.165) is 24.1 Å². The molecule has 0 amide bonds. The Morgan fingerprint density at radius 3 is 2.21 bits per heavy atom. The summed E-state index contributed by atoms with van der Waals surface area (Å²) in [7, 11) is 2.18. The van der Waals surface area contributed by atoms with Crippen LogP contribution in [0.5, 0.6) is 0 Å². The van der Waals surface area contributed by atoms with Crippen LogP contribution in [0.15, 0.2) is 65.9 Å². The standard InChI is InChI=1S/C29H44N2.C2H6/c1-11-21(4)24(17-20(2)3)23(6)31(10)22(5)18-29(15-16-29)19-25-26(28(7,8)9)13-12-14-27(25)30;1-2/h11-14,17,23H,2,5,15-16,18-19,30H2,1,3-4,6-10H3;1-2H3/b21-11-,24-17+;. The van der Waals surface area contributed by atoms with E-state index in [1.807, 2.05) is 13.8 Å². The van der Waals surface area contributed by atoms with Crippen LogP contribution in [0.3, 0.4) is 0 Å². The van der Waals surface area contributed by atoms with Crippen molar-refractivity contribution in [3.05, 3.63) is 77.1 Å². The van der Waals surface area contributed by atoms with Crippen molar-refractivity contribution < 1.29 is 0 Å². The molecule has 1 atom stereocenters. The lowest BCUT2D eigenvalue weighted by atomic mass is 9.79. The molecule has 2 rings (SSSR count). The zero-order valence-electron chi connectivity index (χ0n) is 23.2. The van der Waals surface area contributed by atoms with Gasteiger partial charge in [0.05, 0.1) is 6.04 Å². The summed E-state index contributed by atoms with van der Waals surface area (Å²) in [5.41, 5.74) is 15.4. The van der Waals surface area contributed by atoms with E-state index in [-0.39, 0.29) is 16.9 Å². The minimum Gasteiger partial charge on any atom is -0.398 e. The fourth-order valence-corrected chi connectivity index (χ4v) is 4.51. The fraction of sp³-hybridized carbons (Fsp3) is 0.548. The smallest absolute Gasteiger partial charge is 0.0510 e. The van der Waals surface area contributed by atoms with Gasteiger partial charge in [0, 0.05) is 18.4 Å². The Morgan fingerprint density at radius 2 is 1.76 bits per heavy atom. The number of allylic oxidation sites excluding steroid dienone is 4. The lowest BCUT2D eigenvalue weighted by molar-refractivity contribution is 0.322. The Balaban J connectivity index is 0.00000265. The third kappa shape index (κ3) is 7.66. The van der Waals surface area contributed by atoms with Crippen LogP contribution in [0.4, 0.5) is 5.69 Å². The summed E-state index contributed by atoms with van der Waals surface area (Å²) in [5, 5.41) is 0. The largest absolute Gasteiger partial charge is 0.398 e. The quantitative estimate of drug-likeness (QED) is 0.301. The highest BCUT2D eigenvalue weighted by atomic mass is 15.1. The number of likely N-dealkylation sites (N-methyl/N-ethyl adjacent to an activating group) is 1. The minimum atomic E-state index is 0.0926. The molecule has 0 aliphatic heterocycles. The number of nitrogen functional groups attached to an aromatic ring is 1. The minimum absolute atomic E-state index is 0.0926. The fourth-order valence-electron chi connectivity index (χ4n) is 4.51. The normalized spacial score (nSPS) is 16.4. The van der Waals surface area contributed by atoms with E-state index >= 15 is 0 Å². The van der Waals surface area contributed by atoms with E-state index in [4.69, 9.17) is 5.73 Å². The summed E-state index contributed by atoms with van der Waals surface area (Å²) in [6.07, 6.45) is 8.92. The van der Waals surface area contributed by atoms with Crippen LogP contribution < -0.4 is 5.73 Å². The Labute approximate surface area is 205 Å². The lowest BCUT2D eigenvalue weighted by Gasteiger charge is -2.34. The van der Waals surface area contributed by atoms with Gasteiger partial charge in [0.2, 0.25) is 0 Å². The van der Waals surface area contributed by atoms with Crippen molar-refractivity contribution in [2.75, 3.05) is 12.8 Å². The highest BCUT2D eigenvalue weighted by molar-refractivity contribution is 5.54. The molecule has 1 aliphatic carbocycles. The summed E-state index contributed by atoms with van der Waals surface area (Å²) in [4.78, 5) is 2.35. The van der Waals surface area contributed by atoms with E-state index in [9.17, 15) is 0 Å². The number of hydrogen-bond acceptors (Lipinski definition) is 2. The van der Waals surface area contributed by atoms with Gasteiger partial charge in [0.15, 0.2) is 0 Å². The topological polar surface area (TPSA) is 29.3 Å². The SMILES string of the molecule is C=C(C)/C=C(\C(C)=C/C)C(C)N(C)C(=C)CC1(Cc2c(N)cccc2C(C)(C)C)CC1.CC. The van der Waals surface area contributed by atoms with Gasteiger partial charge in [0.25, 0.3) is 0 Å². The molecule has 184 valence electrons. The second-order valence-electron chi connectivity index (χ2n) is 10.7. The molecule has 2 heteroatoms. The number of hydrogen-bond donors (Lipinski definition) is 1. The average molecular weight is 451 g/mol. The number of rotatable bonds is 9. The van der Waals surface area contributed by atoms with Crippen LogP contribution in [0.25, 0.3) is 0 Å². The first-order valence-electron chi connectivity index (χ1n) is 12.6. The number of nitrogens with two attached hydrogens (primary N) is 1. The molecule has 1 aromatic carbocycles. The first kappa shape index (κ1) is 28.8. The molecular formula is C31H50N2. The van der Waals surface area contributed by atoms with Gasteiger partial charge >= 0.3 is 0 Å². The molecule has 0 aromatic heterocycles. The molecule has 2 nitrogen and oxygen atoms in total. The van der Waals surface area contributed by atoms with Crippen molar-refractivity contribution in [2.24, 2.45) is 5.41 Å². The molecule has 0 bridgehead atoms. The van der Waals surface area contributed by atoms with Crippen LogP contribution >= 0.6 is 0 Å². The van der Waals surface area contributed by atoms with Gasteiger partial charge in [-0.3, -0.25) is 0 Å². The maximum absolute atomic E-state index is 6.47. The second kappa shape index (κ2) is 11.8. The predicted octanol–water partition coefficient (Wildman–Crippen LogP) is 8.61. The Hall–Kier alpha value is -2.22. The van der Waals surface area contributed by atoms with Crippen LogP contribution in [0.2, 0.25) is 0 Å². The molecule has 1 unspecified atom stereocenters. The zero-order valence-corrected chi connectivity index (χ0v) is 23.2. The van der Waals surface area contributed by atoms with Crippen LogP contribution in [0.1, 0.15) is 92.7 Å². The summed E-state index contributed by atoms with van der Waals surface area (Å²) >= 11 is 0. The van der Waals surface area contributed by atoms with Gasteiger partial charge in [0.1, 0.15) is 0 Å². The molecule has 2 N–H and O–H groups in total. The van der Waals surface area contributed by atoms with Crippen LogP contribution in [0, 0.1) is 5.41 Å². The van der Waals surface area contributed by atoms with Crippen molar-refractivity contribution in [3.63, 3.8) is 0 Å². The Kier molecular flexibility index (Phi) is 10.3. The van der Waals surface area contributed by atoms with Gasteiger partial charge < -0.3 is 10.6 Å². The van der Waals surface area contributed by atoms with E-state index in [2.05, 4.69) is 104 Å². The predicted molar refractivity (Wildman–Crippen MR) is 150 cm³/mol. The molecule has 1 aliphatic rings. The molecule has 1 aromatic rings. The van der Waals surface area contributed by atoms with Gasteiger partial charge in [-0.1, -0.05) is 83.2 Å². The molecule has 0 radical (unpaired) electrons. The van der Waals surface area contributed by atoms with Crippen molar-refractivity contribution in [1.29, 1.82) is 0 Å². The number of nitrogens with zero attached hydrogens (tertiary/aromatic N) is 1. The lowest BCUT2D eigenvalue weighted by Crippen LogP contribution is -2.31. The first-order valence-corrected chi connectivity index (χ1v) is 12.6. The third-order valence-electron chi connectivity index (χ3n) is 6.93. The van der Waals surface area contributed by atoms with E-state index < -0.39 is 0 Å². The second-order valence-corrected chi connectivity index (χ2v) is 10.7. The Morgan fingerprint density at radius 1 is 1.18 bits per heavy atom. The molecular weight excluding hydrogens is 400 g/mol. The van der Waals surface area contributed by atoms with Gasteiger partial charge in [-0.05, 0) is 87.0 Å². The van der Waals surface area contributed by atoms with Crippen molar-refractivity contribution in [1.82, 2.24) is 4.90 Å². The summed E-state index contributed by atoms with van der Waals surface area (Å²) < 4.78 is 0. The molecule has 1 fully saturated rings. The molecule has 0 saturated heterocycles. The highest BCUT2D eigenvalue weighted by Gasteiger charge is 2.44. The van der Waals surface area contributed by atoms with Gasteiger partial charge in [-0.15, -0.1) is 0 Å². The number of benzene rings is 1. The van der Waals surface area contributed by atoms with E-state index in [0.29, 0.717) is 0 Å². The maximum atomic E-state index is 6.47. The Bertz CT molecular complexity index is 888. The monoisotopic (exact) mass is 450 g/mol. The third-order valence-corrected chi connectivity index (χ3v) is 6.93. The average Bonchev–Trinajstić information content (AvgIpc) is 3.51.